The first kappa shape index (κ1) is 17.2. The predicted molar refractivity (Wildman–Crippen MR) is 88.8 cm³/mol. The van der Waals surface area contributed by atoms with E-state index in [0.29, 0.717) is 12.5 Å². The molecule has 5 nitrogen and oxygen atoms in total. The Morgan fingerprint density at radius 1 is 1.36 bits per heavy atom. The minimum absolute atomic E-state index is 0.196. The summed E-state index contributed by atoms with van der Waals surface area (Å²) in [4.78, 5) is 2.41. The molecule has 0 aromatic heterocycles. The summed E-state index contributed by atoms with van der Waals surface area (Å²) in [6.45, 7) is 1.89. The molecule has 2 rings (SSSR count). The van der Waals surface area contributed by atoms with Gasteiger partial charge in [-0.05, 0) is 57.5 Å². The molecule has 0 amide bonds. The number of methoxy groups -OCH3 is 1. The van der Waals surface area contributed by atoms with Crippen molar-refractivity contribution in [1.82, 2.24) is 9.62 Å². The van der Waals surface area contributed by atoms with E-state index in [4.69, 9.17) is 4.74 Å². The highest BCUT2D eigenvalue weighted by atomic mass is 32.2. The molecule has 0 radical (unpaired) electrons. The lowest BCUT2D eigenvalue weighted by Gasteiger charge is -2.25. The summed E-state index contributed by atoms with van der Waals surface area (Å²) in [6.07, 6.45) is 3.98. The Morgan fingerprint density at radius 2 is 2.14 bits per heavy atom. The normalized spacial score (nSPS) is 19.5. The standard InChI is InChI=1S/C16H26N2O3S/c1-17-22(19,20)12-6-11-18-10-5-8-15(18)13-14-7-3-4-9-16(14)21-2/h3-4,7,9,15,17H,5-6,8,10-13H2,1-2H3/t15-/m1/s1. The van der Waals surface area contributed by atoms with Gasteiger partial charge in [-0.3, -0.25) is 0 Å². The fourth-order valence-corrected chi connectivity index (χ4v) is 3.82. The summed E-state index contributed by atoms with van der Waals surface area (Å²) in [7, 11) is 0.0753. The molecule has 1 aromatic carbocycles. The van der Waals surface area contributed by atoms with Crippen LogP contribution < -0.4 is 9.46 Å². The molecule has 1 aromatic rings. The lowest BCUT2D eigenvalue weighted by Crippen LogP contribution is -2.33. The van der Waals surface area contributed by atoms with Gasteiger partial charge < -0.3 is 9.64 Å². The molecule has 6 heteroatoms. The van der Waals surface area contributed by atoms with Crippen molar-refractivity contribution in [2.75, 3.05) is 33.0 Å². The van der Waals surface area contributed by atoms with E-state index in [-0.39, 0.29) is 5.75 Å². The van der Waals surface area contributed by atoms with Crippen molar-refractivity contribution in [3.05, 3.63) is 29.8 Å². The highest BCUT2D eigenvalue weighted by Gasteiger charge is 2.25. The molecule has 0 aliphatic carbocycles. The second-order valence-electron chi connectivity index (χ2n) is 5.72. The number of sulfonamides is 1. The summed E-state index contributed by atoms with van der Waals surface area (Å²) in [5, 5.41) is 0. The van der Waals surface area contributed by atoms with Crippen LogP contribution in [0.25, 0.3) is 0 Å². The average Bonchev–Trinajstić information content (AvgIpc) is 2.95. The van der Waals surface area contributed by atoms with Gasteiger partial charge in [-0.15, -0.1) is 0 Å². The van der Waals surface area contributed by atoms with E-state index in [2.05, 4.69) is 15.7 Å². The highest BCUT2D eigenvalue weighted by Crippen LogP contribution is 2.26. The zero-order valence-corrected chi connectivity index (χ0v) is 14.2. The average molecular weight is 326 g/mol. The largest absolute Gasteiger partial charge is 0.496 e. The van der Waals surface area contributed by atoms with Gasteiger partial charge in [0.05, 0.1) is 12.9 Å². The molecule has 0 spiro atoms. The molecular formula is C16H26N2O3S. The van der Waals surface area contributed by atoms with Crippen molar-refractivity contribution in [3.63, 3.8) is 0 Å². The minimum Gasteiger partial charge on any atom is -0.496 e. The van der Waals surface area contributed by atoms with Crippen LogP contribution in [-0.2, 0) is 16.4 Å². The van der Waals surface area contributed by atoms with Crippen LogP contribution in [0, 0.1) is 0 Å². The van der Waals surface area contributed by atoms with Crippen LogP contribution in [0.2, 0.25) is 0 Å². The summed E-state index contributed by atoms with van der Waals surface area (Å²) >= 11 is 0. The Balaban J connectivity index is 1.90. The third-order valence-corrected chi connectivity index (χ3v) is 5.76. The molecule has 1 heterocycles. The maximum Gasteiger partial charge on any atom is 0.211 e. The van der Waals surface area contributed by atoms with E-state index < -0.39 is 10.0 Å². The van der Waals surface area contributed by atoms with Gasteiger partial charge in [-0.25, -0.2) is 13.1 Å². The second-order valence-corrected chi connectivity index (χ2v) is 7.77. The molecule has 1 aliphatic heterocycles. The summed E-state index contributed by atoms with van der Waals surface area (Å²) in [5.74, 6) is 1.13. The first-order valence-electron chi connectivity index (χ1n) is 7.83. The van der Waals surface area contributed by atoms with Gasteiger partial charge in [0.1, 0.15) is 5.75 Å². The Kier molecular flexibility index (Phi) is 6.23. The van der Waals surface area contributed by atoms with Crippen molar-refractivity contribution in [3.8, 4) is 5.75 Å². The number of nitrogens with one attached hydrogen (secondary N) is 1. The van der Waals surface area contributed by atoms with Crippen LogP contribution in [-0.4, -0.2) is 52.4 Å². The molecular weight excluding hydrogens is 300 g/mol. The number of nitrogens with zero attached hydrogens (tertiary/aromatic N) is 1. The van der Waals surface area contributed by atoms with Gasteiger partial charge in [0.25, 0.3) is 0 Å². The van der Waals surface area contributed by atoms with E-state index >= 15 is 0 Å². The molecule has 124 valence electrons. The quantitative estimate of drug-likeness (QED) is 0.789. The smallest absolute Gasteiger partial charge is 0.211 e. The predicted octanol–water partition coefficient (Wildman–Crippen LogP) is 1.64. The maximum absolute atomic E-state index is 11.5. The molecule has 1 fully saturated rings. The second kappa shape index (κ2) is 7.94. The van der Waals surface area contributed by atoms with Crippen molar-refractivity contribution in [2.45, 2.75) is 31.7 Å². The first-order valence-corrected chi connectivity index (χ1v) is 9.48. The maximum atomic E-state index is 11.5. The van der Waals surface area contributed by atoms with Gasteiger partial charge in [0, 0.05) is 6.04 Å². The third kappa shape index (κ3) is 4.69. The number of hydrogen-bond acceptors (Lipinski definition) is 4. The monoisotopic (exact) mass is 326 g/mol. The Bertz CT molecular complexity index is 575. The van der Waals surface area contributed by atoms with Crippen LogP contribution in [0.1, 0.15) is 24.8 Å². The van der Waals surface area contributed by atoms with Gasteiger partial charge in [0.2, 0.25) is 10.0 Å². The van der Waals surface area contributed by atoms with Crippen LogP contribution in [0.3, 0.4) is 0 Å². The lowest BCUT2D eigenvalue weighted by molar-refractivity contribution is 0.251. The summed E-state index contributed by atoms with van der Waals surface area (Å²) in [6, 6.07) is 8.61. The number of likely N-dealkylation sites (tertiary alicyclic amines) is 1. The van der Waals surface area contributed by atoms with E-state index in [1.54, 1.807) is 7.11 Å². The number of hydrogen-bond donors (Lipinski definition) is 1. The van der Waals surface area contributed by atoms with Gasteiger partial charge in [-0.1, -0.05) is 18.2 Å². The number of rotatable bonds is 8. The number of benzene rings is 1. The zero-order valence-electron chi connectivity index (χ0n) is 13.4. The fourth-order valence-electron chi connectivity index (χ4n) is 3.11. The molecule has 0 unspecified atom stereocenters. The van der Waals surface area contributed by atoms with Gasteiger partial charge in [-0.2, -0.15) is 0 Å². The third-order valence-electron chi connectivity index (χ3n) is 4.32. The van der Waals surface area contributed by atoms with Crippen molar-refractivity contribution in [1.29, 1.82) is 0 Å². The number of para-hydroxylation sites is 1. The highest BCUT2D eigenvalue weighted by molar-refractivity contribution is 7.89. The molecule has 1 saturated heterocycles. The molecule has 0 saturated carbocycles. The van der Waals surface area contributed by atoms with Crippen molar-refractivity contribution >= 4 is 10.0 Å². The Labute approximate surface area is 133 Å². The SMILES string of the molecule is CNS(=O)(=O)CCCN1CCC[C@@H]1Cc1ccccc1OC. The lowest BCUT2D eigenvalue weighted by atomic mass is 10.0. The topological polar surface area (TPSA) is 58.6 Å². The summed E-state index contributed by atoms with van der Waals surface area (Å²) in [5.41, 5.74) is 1.23. The fraction of sp³-hybridized carbons (Fsp3) is 0.625. The van der Waals surface area contributed by atoms with Crippen molar-refractivity contribution in [2.24, 2.45) is 0 Å². The Hall–Kier alpha value is -1.11. The van der Waals surface area contributed by atoms with Gasteiger partial charge >= 0.3 is 0 Å². The Morgan fingerprint density at radius 3 is 2.86 bits per heavy atom. The van der Waals surface area contributed by atoms with Crippen LogP contribution in [0.4, 0.5) is 0 Å². The van der Waals surface area contributed by atoms with E-state index in [0.717, 1.165) is 31.7 Å². The van der Waals surface area contributed by atoms with E-state index in [9.17, 15) is 8.42 Å². The van der Waals surface area contributed by atoms with Crippen LogP contribution >= 0.6 is 0 Å². The van der Waals surface area contributed by atoms with Gasteiger partial charge in [0.15, 0.2) is 0 Å². The van der Waals surface area contributed by atoms with Crippen molar-refractivity contribution < 1.29 is 13.2 Å². The van der Waals surface area contributed by atoms with E-state index in [1.807, 2.05) is 18.2 Å². The van der Waals surface area contributed by atoms with Crippen LogP contribution in [0.5, 0.6) is 5.75 Å². The molecule has 1 atom stereocenters. The molecule has 22 heavy (non-hydrogen) atoms. The molecule has 1 N–H and O–H groups in total. The minimum atomic E-state index is -3.09. The first-order chi connectivity index (χ1) is 10.6. The van der Waals surface area contributed by atoms with Crippen LogP contribution in [0.15, 0.2) is 24.3 Å². The molecule has 0 bridgehead atoms. The van der Waals surface area contributed by atoms with E-state index in [1.165, 1.54) is 19.0 Å². The molecule has 1 aliphatic rings. The summed E-state index contributed by atoms with van der Waals surface area (Å²) < 4.78 is 30.8. The zero-order chi connectivity index (χ0) is 16.0. The number of ether oxygens (including phenoxy) is 1.